The molecule has 0 aliphatic carbocycles. The molecule has 1 atom stereocenters. The Morgan fingerprint density at radius 3 is 2.89 bits per heavy atom. The molecule has 0 saturated carbocycles. The van der Waals surface area contributed by atoms with Crippen LogP contribution in [0.3, 0.4) is 0 Å². The molecule has 4 rings (SSSR count). The Labute approximate surface area is 158 Å². The van der Waals surface area contributed by atoms with Gasteiger partial charge in [-0.2, -0.15) is 0 Å². The molecular formula is C22H22FNO3. The third-order valence-electron chi connectivity index (χ3n) is 5.30. The Morgan fingerprint density at radius 1 is 1.22 bits per heavy atom. The maximum atomic E-state index is 13.5. The highest BCUT2D eigenvalue weighted by Crippen LogP contribution is 2.41. The van der Waals surface area contributed by atoms with Crippen molar-refractivity contribution in [3.63, 3.8) is 0 Å². The molecule has 1 saturated heterocycles. The Kier molecular flexibility index (Phi) is 4.60. The first kappa shape index (κ1) is 17.6. The van der Waals surface area contributed by atoms with Crippen molar-refractivity contribution in [3.8, 4) is 5.75 Å². The fraction of sp³-hybridized carbons (Fsp3) is 0.318. The second kappa shape index (κ2) is 7.06. The number of hydrogen-bond acceptors (Lipinski definition) is 3. The number of nitrogens with zero attached hydrogens (tertiary/aromatic N) is 1. The van der Waals surface area contributed by atoms with Crippen molar-refractivity contribution in [1.29, 1.82) is 0 Å². The van der Waals surface area contributed by atoms with Gasteiger partial charge < -0.3 is 14.4 Å². The summed E-state index contributed by atoms with van der Waals surface area (Å²) in [7, 11) is 1.65. The van der Waals surface area contributed by atoms with Crippen molar-refractivity contribution < 1.29 is 18.7 Å². The molecule has 0 N–H and O–H groups in total. The molecule has 0 bridgehead atoms. The van der Waals surface area contributed by atoms with Crippen LogP contribution in [-0.2, 0) is 4.74 Å². The third-order valence-corrected chi connectivity index (χ3v) is 5.30. The van der Waals surface area contributed by atoms with Crippen LogP contribution in [0.25, 0.3) is 5.57 Å². The molecule has 5 heteroatoms. The molecule has 0 aromatic heterocycles. The van der Waals surface area contributed by atoms with E-state index < -0.39 is 11.4 Å². The second-order valence-corrected chi connectivity index (χ2v) is 7.19. The summed E-state index contributed by atoms with van der Waals surface area (Å²) >= 11 is 0. The lowest BCUT2D eigenvalue weighted by Gasteiger charge is -2.39. The molecule has 27 heavy (non-hydrogen) atoms. The maximum absolute atomic E-state index is 13.5. The van der Waals surface area contributed by atoms with E-state index in [0.29, 0.717) is 18.7 Å². The highest BCUT2D eigenvalue weighted by atomic mass is 19.1. The number of hydrogen-bond donors (Lipinski definition) is 0. The Hall–Kier alpha value is -2.82. The van der Waals surface area contributed by atoms with Crippen molar-refractivity contribution in [2.75, 3.05) is 20.2 Å². The van der Waals surface area contributed by atoms with E-state index in [4.69, 9.17) is 9.47 Å². The minimum atomic E-state index is -0.403. The molecule has 2 aliphatic rings. The lowest BCUT2D eigenvalue weighted by atomic mass is 9.86. The van der Waals surface area contributed by atoms with Crippen LogP contribution in [0.2, 0.25) is 0 Å². The molecule has 1 unspecified atom stereocenters. The van der Waals surface area contributed by atoms with Crippen LogP contribution in [-0.4, -0.2) is 36.6 Å². The predicted octanol–water partition coefficient (Wildman–Crippen LogP) is 4.27. The van der Waals surface area contributed by atoms with E-state index >= 15 is 0 Å². The van der Waals surface area contributed by atoms with Gasteiger partial charge in [0.2, 0.25) is 0 Å². The summed E-state index contributed by atoms with van der Waals surface area (Å²) in [4.78, 5) is 14.6. The number of ether oxygens (including phenoxy) is 2. The molecule has 4 nitrogen and oxygen atoms in total. The molecule has 2 aliphatic heterocycles. The van der Waals surface area contributed by atoms with Crippen LogP contribution in [0.15, 0.2) is 54.8 Å². The third kappa shape index (κ3) is 3.54. The van der Waals surface area contributed by atoms with Gasteiger partial charge in [0.1, 0.15) is 17.2 Å². The van der Waals surface area contributed by atoms with Gasteiger partial charge in [-0.15, -0.1) is 0 Å². The number of rotatable bonds is 3. The number of carbonyl (C=O) groups excluding carboxylic acids is 1. The lowest BCUT2D eigenvalue weighted by Crippen LogP contribution is -2.50. The lowest BCUT2D eigenvalue weighted by molar-refractivity contribution is -0.0190. The molecule has 140 valence electrons. The van der Waals surface area contributed by atoms with E-state index in [1.165, 1.54) is 12.1 Å². The highest BCUT2D eigenvalue weighted by molar-refractivity contribution is 5.94. The van der Waals surface area contributed by atoms with Gasteiger partial charge in [-0.25, -0.2) is 4.39 Å². The quantitative estimate of drug-likeness (QED) is 0.813. The largest absolute Gasteiger partial charge is 0.497 e. The van der Waals surface area contributed by atoms with Gasteiger partial charge in [0.25, 0.3) is 5.91 Å². The van der Waals surface area contributed by atoms with Crippen LogP contribution in [0.1, 0.15) is 35.2 Å². The number of halogens is 1. The average Bonchev–Trinajstić information content (AvgIpc) is 3.10. The van der Waals surface area contributed by atoms with Crippen molar-refractivity contribution in [3.05, 3.63) is 71.7 Å². The standard InChI is InChI=1S/C22H22FNO3/c1-26-20-8-3-5-16(12-20)18-13-22(27-14-18)9-4-10-24(15-22)21(25)17-6-2-7-19(23)11-17/h2-3,5-8,11-12,14H,4,9-10,13,15H2,1H3. The zero-order chi connectivity index (χ0) is 18.9. The van der Waals surface area contributed by atoms with Crippen molar-refractivity contribution in [2.24, 2.45) is 0 Å². The summed E-state index contributed by atoms with van der Waals surface area (Å²) in [6.45, 7) is 1.17. The van der Waals surface area contributed by atoms with Crippen LogP contribution in [0.4, 0.5) is 4.39 Å². The number of benzene rings is 2. The number of methoxy groups -OCH3 is 1. The topological polar surface area (TPSA) is 38.8 Å². The van der Waals surface area contributed by atoms with Crippen LogP contribution < -0.4 is 4.74 Å². The van der Waals surface area contributed by atoms with E-state index in [-0.39, 0.29) is 5.91 Å². The molecule has 2 aromatic carbocycles. The van der Waals surface area contributed by atoms with Crippen LogP contribution >= 0.6 is 0 Å². The van der Waals surface area contributed by atoms with Crippen LogP contribution in [0, 0.1) is 5.82 Å². The van der Waals surface area contributed by atoms with Crippen molar-refractivity contribution in [2.45, 2.75) is 24.9 Å². The number of amides is 1. The van der Waals surface area contributed by atoms with Gasteiger partial charge >= 0.3 is 0 Å². The van der Waals surface area contributed by atoms with E-state index in [2.05, 4.69) is 0 Å². The molecule has 0 radical (unpaired) electrons. The van der Waals surface area contributed by atoms with Crippen LogP contribution in [0.5, 0.6) is 5.75 Å². The normalized spacial score (nSPS) is 21.7. The Morgan fingerprint density at radius 2 is 2.07 bits per heavy atom. The van der Waals surface area contributed by atoms with Crippen molar-refractivity contribution >= 4 is 11.5 Å². The summed E-state index contributed by atoms with van der Waals surface area (Å²) in [5.41, 5.74) is 2.15. The molecule has 1 fully saturated rings. The summed E-state index contributed by atoms with van der Waals surface area (Å²) in [5.74, 6) is 0.263. The first-order valence-electron chi connectivity index (χ1n) is 9.15. The van der Waals surface area contributed by atoms with Crippen molar-refractivity contribution in [1.82, 2.24) is 4.90 Å². The first-order valence-corrected chi connectivity index (χ1v) is 9.15. The minimum Gasteiger partial charge on any atom is -0.497 e. The minimum absolute atomic E-state index is 0.146. The van der Waals surface area contributed by atoms with Gasteiger partial charge in [-0.3, -0.25) is 4.79 Å². The fourth-order valence-corrected chi connectivity index (χ4v) is 3.94. The second-order valence-electron chi connectivity index (χ2n) is 7.19. The SMILES string of the molecule is COc1cccc(C2=COC3(CCCN(C(=O)c4cccc(F)c4)C3)C2)c1. The highest BCUT2D eigenvalue weighted by Gasteiger charge is 2.42. The molecular weight excluding hydrogens is 345 g/mol. The molecule has 2 heterocycles. The zero-order valence-electron chi connectivity index (χ0n) is 15.3. The monoisotopic (exact) mass is 367 g/mol. The van der Waals surface area contributed by atoms with E-state index in [9.17, 15) is 9.18 Å². The van der Waals surface area contributed by atoms with E-state index in [1.54, 1.807) is 24.1 Å². The fourth-order valence-electron chi connectivity index (χ4n) is 3.94. The molecule has 1 amide bonds. The van der Waals surface area contributed by atoms with Gasteiger partial charge in [0.15, 0.2) is 0 Å². The Balaban J connectivity index is 1.49. The zero-order valence-corrected chi connectivity index (χ0v) is 15.3. The average molecular weight is 367 g/mol. The van der Waals surface area contributed by atoms with Gasteiger partial charge in [-0.1, -0.05) is 18.2 Å². The molecule has 1 spiro atoms. The first-order chi connectivity index (χ1) is 13.1. The summed E-state index contributed by atoms with van der Waals surface area (Å²) in [6, 6.07) is 13.8. The summed E-state index contributed by atoms with van der Waals surface area (Å²) in [6.07, 6.45) is 4.31. The van der Waals surface area contributed by atoms with Gasteiger partial charge in [0, 0.05) is 18.5 Å². The maximum Gasteiger partial charge on any atom is 0.254 e. The number of likely N-dealkylation sites (tertiary alicyclic amines) is 1. The summed E-state index contributed by atoms with van der Waals surface area (Å²) < 4.78 is 24.9. The van der Waals surface area contributed by atoms with E-state index in [0.717, 1.165) is 36.1 Å². The predicted molar refractivity (Wildman–Crippen MR) is 101 cm³/mol. The Bertz CT molecular complexity index is 895. The van der Waals surface area contributed by atoms with Gasteiger partial charge in [0.05, 0.1) is 19.9 Å². The molecule has 2 aromatic rings. The number of carbonyl (C=O) groups is 1. The summed E-state index contributed by atoms with van der Waals surface area (Å²) in [5, 5.41) is 0. The number of piperidine rings is 1. The van der Waals surface area contributed by atoms with Gasteiger partial charge in [-0.05, 0) is 54.3 Å². The smallest absolute Gasteiger partial charge is 0.254 e. The van der Waals surface area contributed by atoms with E-state index in [1.807, 2.05) is 30.5 Å².